The van der Waals surface area contributed by atoms with Crippen molar-refractivity contribution >= 4 is 11.8 Å². The standard InChI is InChI=1S/C20H26N2O4/c1-11(2)21-18(23)16-8-13-5-4-12(16)10-20(13)22-19(24)15-7-6-14(25-3)9-17(15)26-20/h6-7,9,11-13,16H,4-5,8,10H2,1-3H3,(H,21,23)(H,22,24)/t12-,13+,16+,20+/m1/s1. The summed E-state index contributed by atoms with van der Waals surface area (Å²) in [7, 11) is 1.60. The number of nitrogens with one attached hydrogen (secondary N) is 2. The van der Waals surface area contributed by atoms with Crippen LogP contribution in [0.1, 0.15) is 49.9 Å². The van der Waals surface area contributed by atoms with Gasteiger partial charge in [-0.3, -0.25) is 9.59 Å². The van der Waals surface area contributed by atoms with Crippen LogP contribution in [0.2, 0.25) is 0 Å². The fraction of sp³-hybridized carbons (Fsp3) is 0.600. The Balaban J connectivity index is 1.59. The van der Waals surface area contributed by atoms with E-state index in [0.29, 0.717) is 23.5 Å². The molecule has 3 aliphatic carbocycles. The summed E-state index contributed by atoms with van der Waals surface area (Å²) in [5.74, 6) is 1.64. The second-order valence-corrected chi connectivity index (χ2v) is 8.05. The van der Waals surface area contributed by atoms with Gasteiger partial charge in [0.1, 0.15) is 11.5 Å². The summed E-state index contributed by atoms with van der Waals surface area (Å²) >= 11 is 0. The predicted octanol–water partition coefficient (Wildman–Crippen LogP) is 2.47. The van der Waals surface area contributed by atoms with Gasteiger partial charge in [0.2, 0.25) is 5.91 Å². The number of carbonyl (C=O) groups excluding carboxylic acids is 2. The summed E-state index contributed by atoms with van der Waals surface area (Å²) in [5, 5.41) is 6.17. The summed E-state index contributed by atoms with van der Waals surface area (Å²) in [6, 6.07) is 5.41. The fourth-order valence-corrected chi connectivity index (χ4v) is 4.83. The van der Waals surface area contributed by atoms with Crippen LogP contribution in [0.25, 0.3) is 0 Å². The summed E-state index contributed by atoms with van der Waals surface area (Å²) in [6.45, 7) is 3.96. The molecule has 4 atom stereocenters. The second kappa shape index (κ2) is 6.18. The largest absolute Gasteiger partial charge is 0.497 e. The number of hydrogen-bond donors (Lipinski definition) is 2. The Kier molecular flexibility index (Phi) is 4.09. The zero-order chi connectivity index (χ0) is 18.5. The van der Waals surface area contributed by atoms with E-state index in [1.807, 2.05) is 13.8 Å². The quantitative estimate of drug-likeness (QED) is 0.870. The number of amides is 2. The molecule has 0 radical (unpaired) electrons. The summed E-state index contributed by atoms with van der Waals surface area (Å²) in [5.41, 5.74) is -0.166. The number of methoxy groups -OCH3 is 1. The SMILES string of the molecule is COc1ccc2c(c1)O[C@]1(C[C@H]3CC[C@H]1C[C@@H]3C(=O)NC(C)C)NC2=O. The molecule has 2 bridgehead atoms. The number of ether oxygens (including phenoxy) is 2. The van der Waals surface area contributed by atoms with E-state index < -0.39 is 5.72 Å². The van der Waals surface area contributed by atoms with Crippen LogP contribution in [-0.4, -0.2) is 30.7 Å². The molecule has 5 rings (SSSR count). The number of fused-ring (bicyclic) bond motifs is 3. The van der Waals surface area contributed by atoms with E-state index >= 15 is 0 Å². The maximum absolute atomic E-state index is 12.7. The number of carbonyl (C=O) groups is 2. The molecule has 26 heavy (non-hydrogen) atoms. The van der Waals surface area contributed by atoms with E-state index in [4.69, 9.17) is 9.47 Å². The molecule has 2 N–H and O–H groups in total. The van der Waals surface area contributed by atoms with Crippen molar-refractivity contribution in [3.8, 4) is 11.5 Å². The molecule has 140 valence electrons. The molecule has 4 aliphatic rings. The van der Waals surface area contributed by atoms with Gasteiger partial charge < -0.3 is 20.1 Å². The van der Waals surface area contributed by atoms with Gasteiger partial charge in [-0.25, -0.2) is 0 Å². The van der Waals surface area contributed by atoms with Crippen LogP contribution in [0.5, 0.6) is 11.5 Å². The first-order chi connectivity index (χ1) is 12.4. The topological polar surface area (TPSA) is 76.7 Å². The van der Waals surface area contributed by atoms with Crippen LogP contribution in [-0.2, 0) is 4.79 Å². The highest BCUT2D eigenvalue weighted by Crippen LogP contribution is 2.52. The van der Waals surface area contributed by atoms with Crippen molar-refractivity contribution in [3.05, 3.63) is 23.8 Å². The normalized spacial score (nSPS) is 32.0. The zero-order valence-electron chi connectivity index (χ0n) is 15.5. The molecule has 1 aromatic carbocycles. The Morgan fingerprint density at radius 2 is 2.19 bits per heavy atom. The van der Waals surface area contributed by atoms with Crippen LogP contribution in [0, 0.1) is 17.8 Å². The van der Waals surface area contributed by atoms with Crippen molar-refractivity contribution in [3.63, 3.8) is 0 Å². The van der Waals surface area contributed by atoms with Crippen LogP contribution in [0.3, 0.4) is 0 Å². The molecule has 6 heteroatoms. The van der Waals surface area contributed by atoms with Gasteiger partial charge in [-0.1, -0.05) is 0 Å². The van der Waals surface area contributed by atoms with Gasteiger partial charge in [-0.2, -0.15) is 0 Å². The molecule has 1 heterocycles. The Morgan fingerprint density at radius 3 is 2.85 bits per heavy atom. The van der Waals surface area contributed by atoms with Crippen molar-refractivity contribution in [2.24, 2.45) is 17.8 Å². The maximum Gasteiger partial charge on any atom is 0.258 e. The van der Waals surface area contributed by atoms with Crippen LogP contribution < -0.4 is 20.1 Å². The van der Waals surface area contributed by atoms with Gasteiger partial charge in [-0.05, 0) is 51.2 Å². The van der Waals surface area contributed by atoms with Crippen LogP contribution >= 0.6 is 0 Å². The number of benzene rings is 1. The predicted molar refractivity (Wildman–Crippen MR) is 96.0 cm³/mol. The highest BCUT2D eigenvalue weighted by molar-refractivity contribution is 5.98. The first kappa shape index (κ1) is 17.2. The summed E-state index contributed by atoms with van der Waals surface area (Å²) < 4.78 is 11.6. The fourth-order valence-electron chi connectivity index (χ4n) is 4.83. The molecule has 1 aliphatic heterocycles. The van der Waals surface area contributed by atoms with Gasteiger partial charge in [0.15, 0.2) is 5.72 Å². The lowest BCUT2D eigenvalue weighted by molar-refractivity contribution is -0.147. The molecule has 0 aromatic heterocycles. The monoisotopic (exact) mass is 358 g/mol. The average Bonchev–Trinajstić information content (AvgIpc) is 2.60. The minimum atomic E-state index is -0.700. The van der Waals surface area contributed by atoms with E-state index in [1.165, 1.54) is 0 Å². The Hall–Kier alpha value is -2.24. The van der Waals surface area contributed by atoms with Gasteiger partial charge in [0, 0.05) is 30.4 Å². The smallest absolute Gasteiger partial charge is 0.258 e. The van der Waals surface area contributed by atoms with Gasteiger partial charge in [0.25, 0.3) is 5.91 Å². The lowest BCUT2D eigenvalue weighted by Crippen LogP contribution is -2.67. The van der Waals surface area contributed by atoms with E-state index in [9.17, 15) is 9.59 Å². The highest BCUT2D eigenvalue weighted by Gasteiger charge is 2.57. The highest BCUT2D eigenvalue weighted by atomic mass is 16.5. The summed E-state index contributed by atoms with van der Waals surface area (Å²) in [4.78, 5) is 25.2. The van der Waals surface area contributed by atoms with Crippen molar-refractivity contribution < 1.29 is 19.1 Å². The second-order valence-electron chi connectivity index (χ2n) is 8.05. The average molecular weight is 358 g/mol. The van der Waals surface area contributed by atoms with Crippen molar-refractivity contribution in [2.75, 3.05) is 7.11 Å². The Bertz CT molecular complexity index is 747. The van der Waals surface area contributed by atoms with E-state index in [-0.39, 0.29) is 35.6 Å². The molecule has 3 saturated carbocycles. The molecule has 0 saturated heterocycles. The minimum Gasteiger partial charge on any atom is -0.497 e. The first-order valence-electron chi connectivity index (χ1n) is 9.42. The van der Waals surface area contributed by atoms with Crippen molar-refractivity contribution in [1.82, 2.24) is 10.6 Å². The van der Waals surface area contributed by atoms with Crippen molar-refractivity contribution in [2.45, 2.75) is 51.3 Å². The molecule has 3 fully saturated rings. The third-order valence-electron chi connectivity index (χ3n) is 6.04. The minimum absolute atomic E-state index is 0.00832. The lowest BCUT2D eigenvalue weighted by Gasteiger charge is -2.55. The third kappa shape index (κ3) is 2.72. The molecule has 1 spiro atoms. The lowest BCUT2D eigenvalue weighted by atomic mass is 9.60. The van der Waals surface area contributed by atoms with E-state index in [1.54, 1.807) is 25.3 Å². The van der Waals surface area contributed by atoms with Crippen LogP contribution in [0.4, 0.5) is 0 Å². The Morgan fingerprint density at radius 1 is 1.38 bits per heavy atom. The van der Waals surface area contributed by atoms with E-state index in [0.717, 1.165) is 19.3 Å². The van der Waals surface area contributed by atoms with Crippen LogP contribution in [0.15, 0.2) is 18.2 Å². The van der Waals surface area contributed by atoms with Gasteiger partial charge >= 0.3 is 0 Å². The summed E-state index contributed by atoms with van der Waals surface area (Å²) in [6.07, 6.45) is 3.40. The third-order valence-corrected chi connectivity index (χ3v) is 6.04. The van der Waals surface area contributed by atoms with E-state index in [2.05, 4.69) is 10.6 Å². The van der Waals surface area contributed by atoms with Gasteiger partial charge in [-0.15, -0.1) is 0 Å². The Labute approximate surface area is 153 Å². The van der Waals surface area contributed by atoms with Crippen molar-refractivity contribution in [1.29, 1.82) is 0 Å². The molecular formula is C20H26N2O4. The molecule has 0 unspecified atom stereocenters. The molecule has 6 nitrogen and oxygen atoms in total. The molecule has 2 amide bonds. The number of hydrogen-bond acceptors (Lipinski definition) is 4. The number of rotatable bonds is 3. The first-order valence-corrected chi connectivity index (χ1v) is 9.42. The zero-order valence-corrected chi connectivity index (χ0v) is 15.5. The maximum atomic E-state index is 12.7. The molecule has 1 aromatic rings. The molecular weight excluding hydrogens is 332 g/mol. The van der Waals surface area contributed by atoms with Gasteiger partial charge in [0.05, 0.1) is 12.7 Å².